The summed E-state index contributed by atoms with van der Waals surface area (Å²) >= 11 is 0. The zero-order chi connectivity index (χ0) is 18.9. The Morgan fingerprint density at radius 1 is 1.28 bits per heavy atom. The fourth-order valence-corrected chi connectivity index (χ4v) is 1.93. The Balaban J connectivity index is 2.91. The SMILES string of the molecule is CC(C)(C)OC(=O)/N=C(\CC(=O)NCCO)Cc1ccc(C#N)cc1. The van der Waals surface area contributed by atoms with E-state index in [9.17, 15) is 9.59 Å². The topological polar surface area (TPSA) is 112 Å². The summed E-state index contributed by atoms with van der Waals surface area (Å²) in [7, 11) is 0. The van der Waals surface area contributed by atoms with Gasteiger partial charge in [0.1, 0.15) is 5.60 Å². The van der Waals surface area contributed by atoms with Crippen LogP contribution in [0.4, 0.5) is 4.79 Å². The molecule has 2 N–H and O–H groups in total. The van der Waals surface area contributed by atoms with Crippen molar-refractivity contribution in [3.8, 4) is 6.07 Å². The molecular formula is C18H23N3O4. The third-order valence-corrected chi connectivity index (χ3v) is 2.93. The number of aliphatic imine (C=N–C) groups is 1. The monoisotopic (exact) mass is 345 g/mol. The van der Waals surface area contributed by atoms with Gasteiger partial charge < -0.3 is 15.2 Å². The number of carbonyl (C=O) groups excluding carboxylic acids is 2. The van der Waals surface area contributed by atoms with Crippen molar-refractivity contribution in [2.45, 2.75) is 39.2 Å². The van der Waals surface area contributed by atoms with Crippen LogP contribution < -0.4 is 5.32 Å². The Morgan fingerprint density at radius 3 is 2.44 bits per heavy atom. The molecular weight excluding hydrogens is 322 g/mol. The van der Waals surface area contributed by atoms with Crippen molar-refractivity contribution in [1.82, 2.24) is 5.32 Å². The smallest absolute Gasteiger partial charge is 0.434 e. The van der Waals surface area contributed by atoms with Crippen molar-refractivity contribution in [2.24, 2.45) is 4.99 Å². The lowest BCUT2D eigenvalue weighted by molar-refractivity contribution is -0.120. The number of carbonyl (C=O) groups is 2. The van der Waals surface area contributed by atoms with E-state index in [0.29, 0.717) is 11.3 Å². The number of ether oxygens (including phenoxy) is 1. The van der Waals surface area contributed by atoms with Gasteiger partial charge in [0.15, 0.2) is 0 Å². The van der Waals surface area contributed by atoms with Crippen molar-refractivity contribution in [3.63, 3.8) is 0 Å². The predicted octanol–water partition coefficient (Wildman–Crippen LogP) is 1.98. The van der Waals surface area contributed by atoms with Gasteiger partial charge >= 0.3 is 6.09 Å². The van der Waals surface area contributed by atoms with E-state index in [-0.39, 0.29) is 31.9 Å². The summed E-state index contributed by atoms with van der Waals surface area (Å²) in [6.45, 7) is 5.16. The molecule has 0 bridgehead atoms. The van der Waals surface area contributed by atoms with Gasteiger partial charge in [0.25, 0.3) is 0 Å². The number of benzene rings is 1. The van der Waals surface area contributed by atoms with Gasteiger partial charge in [-0.25, -0.2) is 4.79 Å². The first-order valence-corrected chi connectivity index (χ1v) is 7.89. The van der Waals surface area contributed by atoms with E-state index < -0.39 is 11.7 Å². The van der Waals surface area contributed by atoms with Crippen LogP contribution in [0.5, 0.6) is 0 Å². The van der Waals surface area contributed by atoms with E-state index in [1.807, 2.05) is 6.07 Å². The summed E-state index contributed by atoms with van der Waals surface area (Å²) < 4.78 is 5.16. The van der Waals surface area contributed by atoms with Gasteiger partial charge in [0.2, 0.25) is 5.91 Å². The molecule has 0 aliphatic carbocycles. The van der Waals surface area contributed by atoms with E-state index in [1.54, 1.807) is 45.0 Å². The van der Waals surface area contributed by atoms with E-state index >= 15 is 0 Å². The number of nitrogens with one attached hydrogen (secondary N) is 1. The van der Waals surface area contributed by atoms with Gasteiger partial charge in [-0.3, -0.25) is 4.79 Å². The maximum Gasteiger partial charge on any atom is 0.434 e. The normalized spacial score (nSPS) is 11.6. The number of hydrogen-bond acceptors (Lipinski definition) is 5. The fourth-order valence-electron chi connectivity index (χ4n) is 1.93. The summed E-state index contributed by atoms with van der Waals surface area (Å²) in [6.07, 6.45) is -0.567. The lowest BCUT2D eigenvalue weighted by Gasteiger charge is -2.18. The van der Waals surface area contributed by atoms with Crippen LogP contribution in [0.25, 0.3) is 0 Å². The molecule has 0 aliphatic rings. The van der Waals surface area contributed by atoms with Gasteiger partial charge in [-0.1, -0.05) is 12.1 Å². The van der Waals surface area contributed by atoms with Crippen LogP contribution in [-0.4, -0.2) is 41.6 Å². The summed E-state index contributed by atoms with van der Waals surface area (Å²) in [5.41, 5.74) is 1.000. The van der Waals surface area contributed by atoms with Gasteiger partial charge in [0.05, 0.1) is 24.7 Å². The Labute approximate surface area is 147 Å². The third-order valence-electron chi connectivity index (χ3n) is 2.93. The quantitative estimate of drug-likeness (QED) is 0.766. The van der Waals surface area contributed by atoms with Crippen LogP contribution in [0.15, 0.2) is 29.3 Å². The zero-order valence-corrected chi connectivity index (χ0v) is 14.7. The lowest BCUT2D eigenvalue weighted by atomic mass is 10.0. The molecule has 0 saturated heterocycles. The Bertz CT molecular complexity index is 667. The zero-order valence-electron chi connectivity index (χ0n) is 14.7. The lowest BCUT2D eigenvalue weighted by Crippen LogP contribution is -2.29. The molecule has 1 aromatic carbocycles. The molecule has 25 heavy (non-hydrogen) atoms. The number of hydrogen-bond donors (Lipinski definition) is 2. The van der Waals surface area contributed by atoms with Crippen molar-refractivity contribution >= 4 is 17.7 Å². The molecule has 0 spiro atoms. The first-order valence-electron chi connectivity index (χ1n) is 7.89. The third kappa shape index (κ3) is 8.63. The summed E-state index contributed by atoms with van der Waals surface area (Å²) in [4.78, 5) is 27.7. The highest BCUT2D eigenvalue weighted by molar-refractivity contribution is 6.05. The first kappa shape index (κ1) is 20.3. The molecule has 0 atom stereocenters. The number of rotatable bonds is 6. The predicted molar refractivity (Wildman–Crippen MR) is 93.2 cm³/mol. The molecule has 0 aromatic heterocycles. The minimum Gasteiger partial charge on any atom is -0.442 e. The molecule has 0 aliphatic heterocycles. The largest absolute Gasteiger partial charge is 0.442 e. The minimum atomic E-state index is -0.758. The van der Waals surface area contributed by atoms with Crippen LogP contribution in [0.2, 0.25) is 0 Å². The highest BCUT2D eigenvalue weighted by Crippen LogP contribution is 2.11. The van der Waals surface area contributed by atoms with Crippen LogP contribution in [-0.2, 0) is 16.0 Å². The van der Waals surface area contributed by atoms with Crippen molar-refractivity contribution in [2.75, 3.05) is 13.2 Å². The van der Waals surface area contributed by atoms with Crippen molar-refractivity contribution in [1.29, 1.82) is 5.26 Å². The average Bonchev–Trinajstić information content (AvgIpc) is 2.51. The molecule has 2 amide bonds. The van der Waals surface area contributed by atoms with Crippen LogP contribution >= 0.6 is 0 Å². The summed E-state index contributed by atoms with van der Waals surface area (Å²) in [5.74, 6) is -0.343. The van der Waals surface area contributed by atoms with Gasteiger partial charge in [0, 0.05) is 18.7 Å². The van der Waals surface area contributed by atoms with Crippen LogP contribution in [0.1, 0.15) is 38.3 Å². The molecule has 7 nitrogen and oxygen atoms in total. The van der Waals surface area contributed by atoms with E-state index in [4.69, 9.17) is 15.1 Å². The number of aliphatic hydroxyl groups is 1. The standard InChI is InChI=1S/C18H23N3O4/c1-18(2,3)25-17(24)21-15(11-16(23)20-8-9-22)10-13-4-6-14(12-19)7-5-13/h4-7,22H,8-11H2,1-3H3,(H,20,23)/b21-15-. The van der Waals surface area contributed by atoms with Crippen LogP contribution in [0.3, 0.4) is 0 Å². The van der Waals surface area contributed by atoms with E-state index in [2.05, 4.69) is 10.3 Å². The maximum atomic E-state index is 11.9. The Kier molecular flexibility index (Phi) is 7.76. The molecule has 1 aromatic rings. The number of aliphatic hydroxyl groups excluding tert-OH is 1. The molecule has 0 fully saturated rings. The van der Waals surface area contributed by atoms with Crippen molar-refractivity contribution in [3.05, 3.63) is 35.4 Å². The van der Waals surface area contributed by atoms with Crippen LogP contribution in [0, 0.1) is 11.3 Å². The first-order chi connectivity index (χ1) is 11.7. The number of nitriles is 1. The molecule has 134 valence electrons. The second kappa shape index (κ2) is 9.55. The molecule has 0 saturated carbocycles. The second-order valence-electron chi connectivity index (χ2n) is 6.39. The minimum absolute atomic E-state index is 0.0841. The second-order valence-corrected chi connectivity index (χ2v) is 6.39. The average molecular weight is 345 g/mol. The van der Waals surface area contributed by atoms with E-state index in [1.165, 1.54) is 0 Å². The summed E-state index contributed by atoms with van der Waals surface area (Å²) in [6, 6.07) is 8.84. The molecule has 0 unspecified atom stereocenters. The maximum absolute atomic E-state index is 11.9. The molecule has 1 rings (SSSR count). The Morgan fingerprint density at radius 2 is 1.92 bits per heavy atom. The number of amides is 2. The highest BCUT2D eigenvalue weighted by atomic mass is 16.6. The molecule has 7 heteroatoms. The number of nitrogens with zero attached hydrogens (tertiary/aromatic N) is 2. The van der Waals surface area contributed by atoms with Crippen molar-refractivity contribution < 1.29 is 19.4 Å². The van der Waals surface area contributed by atoms with Gasteiger partial charge in [-0.05, 0) is 38.5 Å². The van der Waals surface area contributed by atoms with Gasteiger partial charge in [-0.2, -0.15) is 10.3 Å². The highest BCUT2D eigenvalue weighted by Gasteiger charge is 2.17. The fraction of sp³-hybridized carbons (Fsp3) is 0.444. The van der Waals surface area contributed by atoms with E-state index in [0.717, 1.165) is 5.56 Å². The molecule has 0 radical (unpaired) electrons. The molecule has 0 heterocycles. The Hall–Kier alpha value is -2.72. The summed E-state index contributed by atoms with van der Waals surface area (Å²) in [5, 5.41) is 20.1. The van der Waals surface area contributed by atoms with Gasteiger partial charge in [-0.15, -0.1) is 0 Å².